The van der Waals surface area contributed by atoms with E-state index >= 15 is 0 Å². The summed E-state index contributed by atoms with van der Waals surface area (Å²) < 4.78 is 5.18. The standard InChI is InChI=1S/C15H24N4O/c1-20-14-12(16)13(17-11-18-14)19-9-7-15(8-10-19)5-3-2-4-6-15/h11H,2-10,16H2,1H3. The maximum atomic E-state index is 6.10. The Hall–Kier alpha value is -1.52. The number of nitrogen functional groups attached to an aromatic ring is 1. The van der Waals surface area contributed by atoms with Crippen molar-refractivity contribution in [3.8, 4) is 5.88 Å². The third-order valence-electron chi connectivity index (χ3n) is 5.06. The van der Waals surface area contributed by atoms with Gasteiger partial charge in [-0.25, -0.2) is 4.98 Å². The van der Waals surface area contributed by atoms with E-state index in [-0.39, 0.29) is 0 Å². The van der Waals surface area contributed by atoms with Crippen LogP contribution in [0.5, 0.6) is 5.88 Å². The molecule has 110 valence electrons. The van der Waals surface area contributed by atoms with E-state index in [0.717, 1.165) is 18.9 Å². The fourth-order valence-electron chi connectivity index (χ4n) is 3.78. The van der Waals surface area contributed by atoms with Crippen molar-refractivity contribution in [3.05, 3.63) is 6.33 Å². The highest BCUT2D eigenvalue weighted by atomic mass is 16.5. The first kappa shape index (κ1) is 13.5. The van der Waals surface area contributed by atoms with Crippen LogP contribution in [0.3, 0.4) is 0 Å². The Kier molecular flexibility index (Phi) is 3.68. The monoisotopic (exact) mass is 276 g/mol. The Morgan fingerprint density at radius 3 is 2.45 bits per heavy atom. The van der Waals surface area contributed by atoms with Gasteiger partial charge in [0.2, 0.25) is 5.88 Å². The van der Waals surface area contributed by atoms with Gasteiger partial charge in [0, 0.05) is 13.1 Å². The molecule has 5 heteroatoms. The summed E-state index contributed by atoms with van der Waals surface area (Å²) in [4.78, 5) is 10.7. The fourth-order valence-corrected chi connectivity index (χ4v) is 3.78. The quantitative estimate of drug-likeness (QED) is 0.899. The highest BCUT2D eigenvalue weighted by Crippen LogP contribution is 2.45. The van der Waals surface area contributed by atoms with E-state index in [1.165, 1.54) is 51.3 Å². The van der Waals surface area contributed by atoms with E-state index in [2.05, 4.69) is 14.9 Å². The molecule has 1 aromatic heterocycles. The van der Waals surface area contributed by atoms with Crippen molar-refractivity contribution in [2.24, 2.45) is 5.41 Å². The summed E-state index contributed by atoms with van der Waals surface area (Å²) in [6, 6.07) is 0. The molecule has 0 unspecified atom stereocenters. The Labute approximate surface area is 120 Å². The van der Waals surface area contributed by atoms with E-state index < -0.39 is 0 Å². The molecule has 2 fully saturated rings. The maximum absolute atomic E-state index is 6.10. The van der Waals surface area contributed by atoms with Crippen LogP contribution in [0, 0.1) is 5.41 Å². The van der Waals surface area contributed by atoms with Crippen molar-refractivity contribution >= 4 is 11.5 Å². The van der Waals surface area contributed by atoms with E-state index in [4.69, 9.17) is 10.5 Å². The molecule has 20 heavy (non-hydrogen) atoms. The highest BCUT2D eigenvalue weighted by Gasteiger charge is 2.36. The molecule has 0 amide bonds. The summed E-state index contributed by atoms with van der Waals surface area (Å²) in [7, 11) is 1.59. The minimum Gasteiger partial charge on any atom is -0.479 e. The lowest BCUT2D eigenvalue weighted by molar-refractivity contribution is 0.144. The number of hydrogen-bond donors (Lipinski definition) is 1. The summed E-state index contributed by atoms with van der Waals surface area (Å²) >= 11 is 0. The first-order valence-electron chi connectivity index (χ1n) is 7.63. The summed E-state index contributed by atoms with van der Waals surface area (Å²) in [6.45, 7) is 2.09. The minimum atomic E-state index is 0.480. The van der Waals surface area contributed by atoms with Crippen LogP contribution in [0.1, 0.15) is 44.9 Å². The van der Waals surface area contributed by atoms with Crippen molar-refractivity contribution in [3.63, 3.8) is 0 Å². The van der Waals surface area contributed by atoms with Crippen LogP contribution in [-0.2, 0) is 0 Å². The molecule has 2 aliphatic rings. The Balaban J connectivity index is 1.72. The second kappa shape index (κ2) is 5.46. The predicted octanol–water partition coefficient (Wildman–Crippen LogP) is 2.62. The fraction of sp³-hybridized carbons (Fsp3) is 0.733. The molecule has 0 radical (unpaired) electrons. The summed E-state index contributed by atoms with van der Waals surface area (Å²) in [6.07, 6.45) is 11.1. The van der Waals surface area contributed by atoms with E-state index in [0.29, 0.717) is 17.0 Å². The van der Waals surface area contributed by atoms with Gasteiger partial charge in [0.1, 0.15) is 12.0 Å². The highest BCUT2D eigenvalue weighted by molar-refractivity contribution is 5.67. The number of nitrogens with zero attached hydrogens (tertiary/aromatic N) is 3. The number of nitrogens with two attached hydrogens (primary N) is 1. The molecule has 0 bridgehead atoms. The molecular formula is C15H24N4O. The van der Waals surface area contributed by atoms with Crippen molar-refractivity contribution in [1.29, 1.82) is 0 Å². The maximum Gasteiger partial charge on any atom is 0.242 e. The lowest BCUT2D eigenvalue weighted by atomic mass is 9.68. The van der Waals surface area contributed by atoms with Gasteiger partial charge in [0.25, 0.3) is 0 Å². The average Bonchev–Trinajstić information content (AvgIpc) is 2.50. The van der Waals surface area contributed by atoms with Gasteiger partial charge in [-0.3, -0.25) is 0 Å². The Morgan fingerprint density at radius 1 is 1.10 bits per heavy atom. The van der Waals surface area contributed by atoms with Crippen LogP contribution >= 0.6 is 0 Å². The first-order chi connectivity index (χ1) is 9.74. The lowest BCUT2D eigenvalue weighted by Crippen LogP contribution is -2.41. The SMILES string of the molecule is COc1ncnc(N2CCC3(CCCCC3)CC2)c1N. The molecule has 1 saturated heterocycles. The second-order valence-corrected chi connectivity index (χ2v) is 6.17. The van der Waals surface area contributed by atoms with E-state index in [1.807, 2.05) is 0 Å². The number of anilines is 2. The van der Waals surface area contributed by atoms with Crippen LogP contribution in [0.2, 0.25) is 0 Å². The topological polar surface area (TPSA) is 64.3 Å². The van der Waals surface area contributed by atoms with Crippen LogP contribution in [0.15, 0.2) is 6.33 Å². The molecule has 5 nitrogen and oxygen atoms in total. The number of hydrogen-bond acceptors (Lipinski definition) is 5. The molecule has 1 aliphatic heterocycles. The molecule has 1 spiro atoms. The predicted molar refractivity (Wildman–Crippen MR) is 80.0 cm³/mol. The summed E-state index contributed by atoms with van der Waals surface area (Å²) in [5, 5.41) is 0. The zero-order chi connectivity index (χ0) is 14.0. The molecule has 0 aromatic carbocycles. The average molecular weight is 276 g/mol. The van der Waals surface area contributed by atoms with Crippen molar-refractivity contribution in [2.75, 3.05) is 30.8 Å². The molecule has 1 aromatic rings. The molecule has 1 saturated carbocycles. The van der Waals surface area contributed by atoms with Gasteiger partial charge in [0.15, 0.2) is 5.82 Å². The van der Waals surface area contributed by atoms with E-state index in [1.54, 1.807) is 7.11 Å². The van der Waals surface area contributed by atoms with Gasteiger partial charge in [-0.05, 0) is 31.1 Å². The smallest absolute Gasteiger partial charge is 0.242 e. The second-order valence-electron chi connectivity index (χ2n) is 6.17. The van der Waals surface area contributed by atoms with Gasteiger partial charge >= 0.3 is 0 Å². The van der Waals surface area contributed by atoms with Crippen LogP contribution in [-0.4, -0.2) is 30.2 Å². The third-order valence-corrected chi connectivity index (χ3v) is 5.06. The van der Waals surface area contributed by atoms with Gasteiger partial charge < -0.3 is 15.4 Å². The first-order valence-corrected chi connectivity index (χ1v) is 7.63. The zero-order valence-electron chi connectivity index (χ0n) is 12.3. The van der Waals surface area contributed by atoms with Gasteiger partial charge in [0.05, 0.1) is 7.11 Å². The Morgan fingerprint density at radius 2 is 1.80 bits per heavy atom. The lowest BCUT2D eigenvalue weighted by Gasteiger charge is -2.44. The summed E-state index contributed by atoms with van der Waals surface area (Å²) in [5.74, 6) is 1.32. The molecular weight excluding hydrogens is 252 g/mol. The number of rotatable bonds is 2. The molecule has 0 atom stereocenters. The van der Waals surface area contributed by atoms with Crippen molar-refractivity contribution in [2.45, 2.75) is 44.9 Å². The molecule has 1 aliphatic carbocycles. The van der Waals surface area contributed by atoms with Crippen LogP contribution in [0.25, 0.3) is 0 Å². The minimum absolute atomic E-state index is 0.480. The largest absolute Gasteiger partial charge is 0.479 e. The Bertz CT molecular complexity index is 461. The van der Waals surface area contributed by atoms with E-state index in [9.17, 15) is 0 Å². The van der Waals surface area contributed by atoms with Crippen molar-refractivity contribution in [1.82, 2.24) is 9.97 Å². The number of aromatic nitrogens is 2. The third kappa shape index (κ3) is 2.41. The van der Waals surface area contributed by atoms with Crippen molar-refractivity contribution < 1.29 is 4.74 Å². The van der Waals surface area contributed by atoms with Gasteiger partial charge in [-0.1, -0.05) is 19.3 Å². The zero-order valence-corrected chi connectivity index (χ0v) is 12.3. The molecule has 2 heterocycles. The number of methoxy groups -OCH3 is 1. The van der Waals surface area contributed by atoms with Gasteiger partial charge in [-0.15, -0.1) is 0 Å². The van der Waals surface area contributed by atoms with Crippen LogP contribution < -0.4 is 15.4 Å². The number of ether oxygens (including phenoxy) is 1. The summed E-state index contributed by atoms with van der Waals surface area (Å²) in [5.41, 5.74) is 7.27. The van der Waals surface area contributed by atoms with Crippen LogP contribution in [0.4, 0.5) is 11.5 Å². The van der Waals surface area contributed by atoms with Gasteiger partial charge in [-0.2, -0.15) is 4.98 Å². The number of piperidine rings is 1. The molecule has 3 rings (SSSR count). The molecule has 2 N–H and O–H groups in total. The normalized spacial score (nSPS) is 21.9.